The molecule has 4 aliphatic rings. The number of alkyl halides is 2. The van der Waals surface area contributed by atoms with E-state index in [2.05, 4.69) is 81.1 Å². The Balaban J connectivity index is 0.764. The first-order valence-corrected chi connectivity index (χ1v) is 40.3. The van der Waals surface area contributed by atoms with Crippen LogP contribution < -0.4 is 32.4 Å². The van der Waals surface area contributed by atoms with Crippen LogP contribution in [0.1, 0.15) is 99.0 Å². The van der Waals surface area contributed by atoms with E-state index in [0.717, 1.165) is 34.4 Å². The van der Waals surface area contributed by atoms with Crippen molar-refractivity contribution in [2.24, 2.45) is 11.8 Å². The number of carbonyl (C=O) groups excluding carboxylic acids is 4. The first-order valence-electron chi connectivity index (χ1n) is 36.3. The fourth-order valence-corrected chi connectivity index (χ4v) is 16.5. The van der Waals surface area contributed by atoms with Crippen LogP contribution in [0.5, 0.6) is 0 Å². The van der Waals surface area contributed by atoms with Crippen LogP contribution in [0.25, 0.3) is 44.7 Å². The van der Waals surface area contributed by atoms with Gasteiger partial charge in [0.25, 0.3) is 22.9 Å². The summed E-state index contributed by atoms with van der Waals surface area (Å²) >= 11 is 0. The van der Waals surface area contributed by atoms with Crippen LogP contribution in [0.4, 0.5) is 32.3 Å². The minimum absolute atomic E-state index is 0.0000417. The number of hydrogen-bond acceptors (Lipinski definition) is 35. The fourth-order valence-electron chi connectivity index (χ4n) is 12.8. The molecule has 2 aromatic carbocycles. The van der Waals surface area contributed by atoms with Crippen LogP contribution in [0.3, 0.4) is 0 Å². The number of H-pyrrole nitrogens is 2. The Morgan fingerprint density at radius 1 is 0.551 bits per heavy atom. The van der Waals surface area contributed by atoms with Crippen molar-refractivity contribution in [1.82, 2.24) is 78.1 Å². The van der Waals surface area contributed by atoms with Gasteiger partial charge in [0.2, 0.25) is 23.7 Å². The van der Waals surface area contributed by atoms with Crippen LogP contribution in [0, 0.1) is 34.5 Å². The highest BCUT2D eigenvalue weighted by Gasteiger charge is 2.55. The zero-order valence-electron chi connectivity index (χ0n) is 62.3. The monoisotopic (exact) mass is 1700 g/mol. The van der Waals surface area contributed by atoms with Gasteiger partial charge >= 0.3 is 23.9 Å². The van der Waals surface area contributed by atoms with Crippen molar-refractivity contribution in [2.45, 2.75) is 139 Å². The molecule has 12 heterocycles. The van der Waals surface area contributed by atoms with Crippen LogP contribution in [0.15, 0.2) is 108 Å². The molecule has 8 aromatic heterocycles. The predicted molar refractivity (Wildman–Crippen MR) is 398 cm³/mol. The van der Waals surface area contributed by atoms with Gasteiger partial charge in [-0.05, 0) is 24.3 Å². The van der Waals surface area contributed by atoms with Gasteiger partial charge in [-0.15, -0.1) is 9.05 Å². The lowest BCUT2D eigenvalue weighted by molar-refractivity contribution is -0.119. The number of aliphatic hydroxyl groups is 2. The normalized spacial score (nSPS) is 24.3. The van der Waals surface area contributed by atoms with E-state index in [1.807, 2.05) is 12.1 Å². The lowest BCUT2D eigenvalue weighted by atomic mass is 10.1. The topological polar surface area (TPSA) is 581 Å². The molecular weight excluding hydrogens is 1620 g/mol. The summed E-state index contributed by atoms with van der Waals surface area (Å²) in [6, 6.07) is 19.9. The summed E-state index contributed by atoms with van der Waals surface area (Å²) in [4.78, 5) is 127. The summed E-state index contributed by atoms with van der Waals surface area (Å²) in [5.74, 6) is -4.19. The highest BCUT2D eigenvalue weighted by atomic mass is 31.2. The number of rotatable bonds is 34. The number of ether oxygens (including phenoxy) is 4. The highest BCUT2D eigenvalue weighted by Crippen LogP contribution is 2.57. The highest BCUT2D eigenvalue weighted by molar-refractivity contribution is 7.48. The van der Waals surface area contributed by atoms with Gasteiger partial charge in [-0.25, -0.2) is 57.8 Å². The summed E-state index contributed by atoms with van der Waals surface area (Å²) in [6.07, 6.45) is -19.3. The molecule has 45 nitrogen and oxygen atoms in total. The fraction of sp³-hybridized carbons (Fsp3) is 0.441. The number of phosphoric acid groups is 2. The quantitative estimate of drug-likeness (QED) is 0.0170. The van der Waals surface area contributed by atoms with Crippen molar-refractivity contribution < 1.29 is 107 Å². The number of carbonyl (C=O) groups is 4. The second-order valence-corrected chi connectivity index (χ2v) is 31.4. The summed E-state index contributed by atoms with van der Waals surface area (Å²) in [6.45, 7) is 1.46. The third kappa shape index (κ3) is 18.0. The summed E-state index contributed by atoms with van der Waals surface area (Å²) in [5.41, 5.74) is -2.42. The summed E-state index contributed by atoms with van der Waals surface area (Å²) < 4.78 is 157. The van der Waals surface area contributed by atoms with E-state index < -0.39 is 222 Å². The largest absolute Gasteiger partial charge is 0.698 e. The molecule has 0 radical (unpaired) electrons. The zero-order valence-corrected chi connectivity index (χ0v) is 65.0. The SMILES string of the molecule is CC(C)C(=O)Nc1nc2c(ncn2[C@@H]2O[C@H](CO)[C@@H](F)[C@H]2OP(=O)(OCCC#N)OC[C@@H]2C[C@@H](O[P+](=O)O[C@@H]3C[C@@H](COP(=O)(OCCC#N)O[C@@H]4[C@H](F)[C@@H](CO)O[C@H]4n4cnc5c(=O)[nH]c(NC(=O)C(C)C)nc54)O[C@H]3n3cnc4c(NC(=O)c5ccccc5)ncnc43)[C@H](n3cnc4c(NC(=O)c5ccccc5)ncnc43)O2)c(=O)[nH]1. The van der Waals surface area contributed by atoms with Gasteiger partial charge in [-0.2, -0.15) is 20.5 Å². The van der Waals surface area contributed by atoms with Gasteiger partial charge in [-0.3, -0.25) is 94.8 Å². The molecule has 4 aliphatic heterocycles. The molecule has 0 bridgehead atoms. The van der Waals surface area contributed by atoms with Gasteiger partial charge in [0.15, 0.2) is 106 Å². The predicted octanol–water partition coefficient (Wildman–Crippen LogP) is 5.96. The van der Waals surface area contributed by atoms with Crippen molar-refractivity contribution in [3.8, 4) is 12.1 Å². The van der Waals surface area contributed by atoms with Crippen molar-refractivity contribution in [3.05, 3.63) is 130 Å². The number of anilines is 4. The van der Waals surface area contributed by atoms with E-state index in [4.69, 9.17) is 55.1 Å². The number of fused-ring (bicyclic) bond motifs is 4. The number of imidazole rings is 4. The number of halogens is 2. The number of amides is 4. The first kappa shape index (κ1) is 83.5. The number of nitrogens with one attached hydrogen (secondary N) is 6. The van der Waals surface area contributed by atoms with E-state index in [0.29, 0.717) is 0 Å². The molecule has 8 N–H and O–H groups in total. The van der Waals surface area contributed by atoms with Gasteiger partial charge < -0.3 is 39.8 Å². The maximum Gasteiger partial charge on any atom is 0.698 e. The Hall–Kier alpha value is -11.0. The van der Waals surface area contributed by atoms with E-state index >= 15 is 22.5 Å². The third-order valence-electron chi connectivity index (χ3n) is 18.6. The molecule has 10 aromatic rings. The van der Waals surface area contributed by atoms with Crippen LogP contribution in [-0.2, 0) is 78.4 Å². The average Bonchev–Trinajstić information content (AvgIpc) is 1.65. The first-order chi connectivity index (χ1) is 56.8. The molecule has 4 fully saturated rings. The minimum atomic E-state index is -5.23. The Morgan fingerprint density at radius 2 is 0.932 bits per heavy atom. The lowest BCUT2D eigenvalue weighted by Crippen LogP contribution is -2.32. The Morgan fingerprint density at radius 3 is 1.31 bits per heavy atom. The molecule has 118 heavy (non-hydrogen) atoms. The number of aromatic amines is 2. The molecule has 4 saturated heterocycles. The van der Waals surface area contributed by atoms with Crippen LogP contribution >= 0.6 is 23.9 Å². The molecule has 0 aliphatic carbocycles. The Bertz CT molecular complexity index is 5370. The van der Waals surface area contributed by atoms with Crippen molar-refractivity contribution in [3.63, 3.8) is 0 Å². The van der Waals surface area contributed by atoms with Gasteiger partial charge in [0, 0.05) is 40.4 Å². The summed E-state index contributed by atoms with van der Waals surface area (Å²) in [7, 11) is -14.0. The van der Waals surface area contributed by atoms with Crippen molar-refractivity contribution >= 4 is 116 Å². The molecule has 50 heteroatoms. The Kier molecular flexibility index (Phi) is 25.5. The van der Waals surface area contributed by atoms with Gasteiger partial charge in [0.1, 0.15) is 37.1 Å². The molecule has 0 saturated carbocycles. The average molecular weight is 1700 g/mol. The minimum Gasteiger partial charge on any atom is -0.394 e. The number of benzene rings is 2. The van der Waals surface area contributed by atoms with Gasteiger partial charge in [0.05, 0.1) is 102 Å². The smallest absolute Gasteiger partial charge is 0.394 e. The van der Waals surface area contributed by atoms with Crippen LogP contribution in [0.2, 0.25) is 0 Å². The molecule has 2 unspecified atom stereocenters. The molecular formula is C68H72F2N22O23P3+. The van der Waals surface area contributed by atoms with Gasteiger partial charge in [-0.1, -0.05) is 64.1 Å². The van der Waals surface area contributed by atoms with E-state index in [9.17, 15) is 49.5 Å². The molecule has 0 spiro atoms. The lowest BCUT2D eigenvalue weighted by Gasteiger charge is -2.26. The summed E-state index contributed by atoms with van der Waals surface area (Å²) in [5, 5.41) is 50.3. The Labute approximate surface area is 663 Å². The standard InChI is InChI=1S/C68H71F2N22O23P3/c1-33(2)57(95)85-67-83-55-47(61(99)87-67)79-31-91(55)65-49(43(69)41(23-93)110-65)114-117(102,104-19-11-17-71)106-25-37-21-39(63(108-37)89-29-77-45-51(73-27-75-53(45)89)81-59(97)35-13-7-5-8-14-35)112-116(101)113-40-22-38(109-64(40)90-30-78-46-52(74-28-76-54(46)90)82-60(98)36-15-9-6-10-16-36)26-107-118(103,105-20-12-18-72)115-50-44(70)42(24-94)111-66(50)92-32-80-48-56(92)84-68(88-62(48)100)86-58(96)34(3)4/h5-10,13-16,27-34,37-44,49-50,63-66,93-94H,11-12,19-26H2,1-4H3,(H5-,73,74,75,76,81,82,83,84,85,86,87,88,95,96,97,98,99,100)/p+1/t37-,38-,39+,40+,41+,42+,43+,44+,49+,50+,63+,64+,65+,66+,117?,118?/m0/s1. The zero-order chi connectivity index (χ0) is 83.3. The number of phosphoric ester groups is 2. The van der Waals surface area contributed by atoms with E-state index in [1.54, 1.807) is 88.4 Å². The number of nitriles is 2. The maximum atomic E-state index is 16.8. The van der Waals surface area contributed by atoms with E-state index in [-0.39, 0.29) is 79.3 Å². The number of aliphatic hydroxyl groups excluding tert-OH is 2. The van der Waals surface area contributed by atoms with Crippen LogP contribution in [-0.4, -0.2) is 213 Å². The maximum absolute atomic E-state index is 16.8. The molecule has 620 valence electrons. The third-order valence-corrected chi connectivity index (χ3v) is 22.5. The van der Waals surface area contributed by atoms with E-state index in [1.165, 1.54) is 21.8 Å². The van der Waals surface area contributed by atoms with Crippen molar-refractivity contribution in [2.75, 3.05) is 60.9 Å². The number of hydrogen-bond donors (Lipinski definition) is 8. The number of aromatic nitrogens is 16. The molecule has 16 atom stereocenters. The second kappa shape index (κ2) is 36.0. The van der Waals surface area contributed by atoms with Crippen molar-refractivity contribution in [1.29, 1.82) is 10.5 Å². The second-order valence-electron chi connectivity index (χ2n) is 27.3. The number of nitrogens with zero attached hydrogens (tertiary/aromatic N) is 16. The molecule has 14 rings (SSSR count). The molecule has 4 amide bonds.